The molecule has 0 unspecified atom stereocenters. The van der Waals surface area contributed by atoms with Crippen LogP contribution in [-0.2, 0) is 16.6 Å². The van der Waals surface area contributed by atoms with E-state index in [0.29, 0.717) is 6.54 Å². The summed E-state index contributed by atoms with van der Waals surface area (Å²) >= 11 is 0. The van der Waals surface area contributed by atoms with Crippen LogP contribution >= 0.6 is 0 Å². The van der Waals surface area contributed by atoms with Crippen LogP contribution in [0.1, 0.15) is 11.1 Å². The molecule has 0 aliphatic carbocycles. The summed E-state index contributed by atoms with van der Waals surface area (Å²) in [5, 5.41) is 6.08. The molecule has 20 heavy (non-hydrogen) atoms. The summed E-state index contributed by atoms with van der Waals surface area (Å²) in [5.74, 6) is 5.65. The highest BCUT2D eigenvalue weighted by molar-refractivity contribution is 7.89. The van der Waals surface area contributed by atoms with E-state index in [1.807, 2.05) is 24.3 Å². The third-order valence-electron chi connectivity index (χ3n) is 2.54. The van der Waals surface area contributed by atoms with Crippen molar-refractivity contribution in [2.24, 2.45) is 5.73 Å². The van der Waals surface area contributed by atoms with Gasteiger partial charge in [0.15, 0.2) is 0 Å². The van der Waals surface area contributed by atoms with Crippen LogP contribution in [0.2, 0.25) is 0 Å². The molecule has 0 amide bonds. The summed E-state index contributed by atoms with van der Waals surface area (Å²) in [6.07, 6.45) is 2.59. The van der Waals surface area contributed by atoms with E-state index in [1.165, 1.54) is 12.4 Å². The van der Waals surface area contributed by atoms with E-state index in [9.17, 15) is 8.42 Å². The SMILES string of the molecule is NCC#Cc1ccc(CNS(=O)(=O)c2cn[nH]c2)cc1. The first-order valence-electron chi connectivity index (χ1n) is 5.88. The van der Waals surface area contributed by atoms with E-state index in [-0.39, 0.29) is 11.4 Å². The van der Waals surface area contributed by atoms with Crippen LogP contribution in [0.15, 0.2) is 41.6 Å². The van der Waals surface area contributed by atoms with Crippen molar-refractivity contribution in [2.45, 2.75) is 11.4 Å². The summed E-state index contributed by atoms with van der Waals surface area (Å²) in [6, 6.07) is 7.28. The summed E-state index contributed by atoms with van der Waals surface area (Å²) < 4.78 is 26.2. The molecule has 104 valence electrons. The Kier molecular flexibility index (Phi) is 4.53. The summed E-state index contributed by atoms with van der Waals surface area (Å²) in [6.45, 7) is 0.518. The molecule has 1 heterocycles. The summed E-state index contributed by atoms with van der Waals surface area (Å²) in [4.78, 5) is 0.114. The number of hydrogen-bond donors (Lipinski definition) is 3. The van der Waals surface area contributed by atoms with Gasteiger partial charge in [-0.05, 0) is 17.7 Å². The second-order valence-electron chi connectivity index (χ2n) is 3.96. The number of nitrogens with two attached hydrogens (primary N) is 1. The quantitative estimate of drug-likeness (QED) is 0.700. The highest BCUT2D eigenvalue weighted by atomic mass is 32.2. The van der Waals surface area contributed by atoms with Gasteiger partial charge in [0.05, 0.1) is 12.7 Å². The van der Waals surface area contributed by atoms with Gasteiger partial charge in [0.25, 0.3) is 0 Å². The largest absolute Gasteiger partial charge is 0.320 e. The van der Waals surface area contributed by atoms with Gasteiger partial charge in [-0.1, -0.05) is 24.0 Å². The molecular formula is C13H14N4O2S. The van der Waals surface area contributed by atoms with Gasteiger partial charge < -0.3 is 5.73 Å². The van der Waals surface area contributed by atoms with Crippen LogP contribution in [0.25, 0.3) is 0 Å². The van der Waals surface area contributed by atoms with Gasteiger partial charge in [0.1, 0.15) is 4.90 Å². The number of hydrogen-bond acceptors (Lipinski definition) is 4. The van der Waals surface area contributed by atoms with Gasteiger partial charge in [-0.2, -0.15) is 5.10 Å². The van der Waals surface area contributed by atoms with Crippen molar-refractivity contribution in [1.82, 2.24) is 14.9 Å². The molecule has 7 heteroatoms. The third-order valence-corrected chi connectivity index (χ3v) is 3.91. The first kappa shape index (κ1) is 14.3. The smallest absolute Gasteiger partial charge is 0.243 e. The molecule has 0 spiro atoms. The van der Waals surface area contributed by atoms with Crippen LogP contribution in [0.3, 0.4) is 0 Å². The number of rotatable bonds is 4. The van der Waals surface area contributed by atoms with Gasteiger partial charge in [-0.25, -0.2) is 13.1 Å². The van der Waals surface area contributed by atoms with E-state index in [4.69, 9.17) is 5.73 Å². The number of nitrogens with one attached hydrogen (secondary N) is 2. The zero-order valence-electron chi connectivity index (χ0n) is 10.6. The van der Waals surface area contributed by atoms with Crippen molar-refractivity contribution in [3.8, 4) is 11.8 Å². The van der Waals surface area contributed by atoms with Gasteiger partial charge in [-0.3, -0.25) is 5.10 Å². The predicted octanol–water partition coefficient (Wildman–Crippen LogP) is 0.198. The number of aromatic amines is 1. The average molecular weight is 290 g/mol. The highest BCUT2D eigenvalue weighted by Crippen LogP contribution is 2.07. The van der Waals surface area contributed by atoms with Crippen molar-refractivity contribution in [3.63, 3.8) is 0 Å². The maximum atomic E-state index is 11.9. The maximum absolute atomic E-state index is 11.9. The second-order valence-corrected chi connectivity index (χ2v) is 5.73. The minimum absolute atomic E-state index is 0.114. The number of nitrogens with zero attached hydrogens (tertiary/aromatic N) is 1. The minimum atomic E-state index is -3.53. The normalized spacial score (nSPS) is 10.8. The molecule has 4 N–H and O–H groups in total. The Morgan fingerprint density at radius 2 is 2.05 bits per heavy atom. The van der Waals surface area contributed by atoms with Crippen molar-refractivity contribution < 1.29 is 8.42 Å². The number of sulfonamides is 1. The summed E-state index contributed by atoms with van der Waals surface area (Å²) in [7, 11) is -3.53. The maximum Gasteiger partial charge on any atom is 0.243 e. The Hall–Kier alpha value is -2.14. The Morgan fingerprint density at radius 1 is 1.30 bits per heavy atom. The molecule has 6 nitrogen and oxygen atoms in total. The third kappa shape index (κ3) is 3.68. The van der Waals surface area contributed by atoms with Gasteiger partial charge in [0, 0.05) is 18.3 Å². The number of H-pyrrole nitrogens is 1. The van der Waals surface area contributed by atoms with Crippen LogP contribution in [0.5, 0.6) is 0 Å². The van der Waals surface area contributed by atoms with E-state index in [0.717, 1.165) is 11.1 Å². The molecule has 2 rings (SSSR count). The van der Waals surface area contributed by atoms with Crippen LogP contribution in [0, 0.1) is 11.8 Å². The minimum Gasteiger partial charge on any atom is -0.320 e. The predicted molar refractivity (Wildman–Crippen MR) is 75.0 cm³/mol. The Balaban J connectivity index is 2.01. The zero-order chi connectivity index (χ0) is 14.4. The first-order chi connectivity index (χ1) is 9.62. The molecule has 1 aromatic carbocycles. The lowest BCUT2D eigenvalue weighted by atomic mass is 10.1. The molecule has 1 aromatic heterocycles. The van der Waals surface area contributed by atoms with Gasteiger partial charge in [-0.15, -0.1) is 0 Å². The Bertz CT molecular complexity index is 710. The molecule has 0 saturated carbocycles. The van der Waals surface area contributed by atoms with Crippen LogP contribution in [0.4, 0.5) is 0 Å². The second kappa shape index (κ2) is 6.34. The molecule has 2 aromatic rings. The van der Waals surface area contributed by atoms with Crippen molar-refractivity contribution in [2.75, 3.05) is 6.54 Å². The lowest BCUT2D eigenvalue weighted by molar-refractivity contribution is 0.581. The molecule has 0 radical (unpaired) electrons. The molecule has 0 bridgehead atoms. The van der Waals surface area contributed by atoms with Crippen LogP contribution in [-0.4, -0.2) is 25.2 Å². The monoisotopic (exact) mass is 290 g/mol. The molecule has 0 aliphatic heterocycles. The Morgan fingerprint density at radius 3 is 2.65 bits per heavy atom. The number of aromatic nitrogens is 2. The molecule has 0 fully saturated rings. The highest BCUT2D eigenvalue weighted by Gasteiger charge is 2.14. The fourth-order valence-electron chi connectivity index (χ4n) is 1.51. The standard InChI is InChI=1S/C13H14N4O2S/c14-7-1-2-11-3-5-12(6-4-11)8-17-20(18,19)13-9-15-16-10-13/h3-6,9-10,17H,7-8,14H2,(H,15,16). The fourth-order valence-corrected chi connectivity index (χ4v) is 2.43. The van der Waals surface area contributed by atoms with Crippen LogP contribution < -0.4 is 10.5 Å². The van der Waals surface area contributed by atoms with Gasteiger partial charge >= 0.3 is 0 Å². The van der Waals surface area contributed by atoms with E-state index >= 15 is 0 Å². The van der Waals surface area contributed by atoms with Crippen molar-refractivity contribution >= 4 is 10.0 Å². The average Bonchev–Trinajstić information content (AvgIpc) is 2.99. The van der Waals surface area contributed by atoms with E-state index < -0.39 is 10.0 Å². The van der Waals surface area contributed by atoms with E-state index in [1.54, 1.807) is 0 Å². The van der Waals surface area contributed by atoms with Gasteiger partial charge in [0.2, 0.25) is 10.0 Å². The zero-order valence-corrected chi connectivity index (χ0v) is 11.4. The lowest BCUT2D eigenvalue weighted by Crippen LogP contribution is -2.22. The first-order valence-corrected chi connectivity index (χ1v) is 7.36. The molecule has 0 atom stereocenters. The summed E-state index contributed by atoms with van der Waals surface area (Å²) in [5.41, 5.74) is 6.98. The Labute approximate surface area is 117 Å². The van der Waals surface area contributed by atoms with E-state index in [2.05, 4.69) is 26.8 Å². The number of benzene rings is 1. The fraction of sp³-hybridized carbons (Fsp3) is 0.154. The lowest BCUT2D eigenvalue weighted by Gasteiger charge is -2.04. The van der Waals surface area contributed by atoms with Crippen molar-refractivity contribution in [1.29, 1.82) is 0 Å². The molecule has 0 saturated heterocycles. The molecular weight excluding hydrogens is 276 g/mol. The molecule has 0 aliphatic rings. The van der Waals surface area contributed by atoms with Crippen molar-refractivity contribution in [3.05, 3.63) is 47.8 Å². The topological polar surface area (TPSA) is 101 Å².